The van der Waals surface area contributed by atoms with E-state index in [-0.39, 0.29) is 11.7 Å². The highest BCUT2D eigenvalue weighted by molar-refractivity contribution is 7.99. The van der Waals surface area contributed by atoms with Gasteiger partial charge in [0.25, 0.3) is 5.91 Å². The van der Waals surface area contributed by atoms with Crippen LogP contribution < -0.4 is 10.2 Å². The fourth-order valence-corrected chi connectivity index (χ4v) is 3.91. The number of aromatic nitrogens is 3. The van der Waals surface area contributed by atoms with Gasteiger partial charge in [-0.25, -0.2) is 5.43 Å². The summed E-state index contributed by atoms with van der Waals surface area (Å²) in [6.45, 7) is 2.00. The zero-order valence-corrected chi connectivity index (χ0v) is 19.1. The lowest BCUT2D eigenvalue weighted by molar-refractivity contribution is -0.118. The Bertz CT molecular complexity index is 1250. The van der Waals surface area contributed by atoms with Crippen LogP contribution in [-0.2, 0) is 4.79 Å². The van der Waals surface area contributed by atoms with Crippen LogP contribution >= 0.6 is 11.8 Å². The first-order chi connectivity index (χ1) is 16.2. The molecule has 1 heterocycles. The second-order valence-electron chi connectivity index (χ2n) is 7.14. The summed E-state index contributed by atoms with van der Waals surface area (Å²) < 4.78 is 7.21. The maximum absolute atomic E-state index is 12.4. The van der Waals surface area contributed by atoms with Crippen molar-refractivity contribution in [3.05, 3.63) is 90.0 Å². The van der Waals surface area contributed by atoms with Gasteiger partial charge in [0, 0.05) is 11.3 Å². The van der Waals surface area contributed by atoms with Gasteiger partial charge in [0.15, 0.2) is 11.0 Å². The topological polar surface area (TPSA) is 81.4 Å². The summed E-state index contributed by atoms with van der Waals surface area (Å²) in [5, 5.41) is 13.4. The van der Waals surface area contributed by atoms with E-state index >= 15 is 0 Å². The Morgan fingerprint density at radius 3 is 2.48 bits per heavy atom. The van der Waals surface area contributed by atoms with Gasteiger partial charge in [-0.3, -0.25) is 9.36 Å². The van der Waals surface area contributed by atoms with Crippen molar-refractivity contribution in [1.82, 2.24) is 20.2 Å². The molecule has 0 aliphatic heterocycles. The molecule has 0 atom stereocenters. The zero-order valence-electron chi connectivity index (χ0n) is 18.3. The summed E-state index contributed by atoms with van der Waals surface area (Å²) >= 11 is 1.30. The summed E-state index contributed by atoms with van der Waals surface area (Å²) in [5.74, 6) is 1.37. The third-order valence-corrected chi connectivity index (χ3v) is 5.84. The van der Waals surface area contributed by atoms with Crippen LogP contribution in [0.2, 0.25) is 0 Å². The first-order valence-electron chi connectivity index (χ1n) is 10.3. The minimum Gasteiger partial charge on any atom is -0.497 e. The number of ether oxygens (including phenoxy) is 1. The highest BCUT2D eigenvalue weighted by Gasteiger charge is 2.17. The summed E-state index contributed by atoms with van der Waals surface area (Å²) in [5.41, 5.74) is 6.43. The molecule has 4 rings (SSSR count). The van der Waals surface area contributed by atoms with Crippen LogP contribution in [0, 0.1) is 6.92 Å². The normalized spacial score (nSPS) is 11.0. The zero-order chi connectivity index (χ0) is 23.0. The molecule has 1 aromatic heterocycles. The molecule has 0 fully saturated rings. The number of aryl methyl sites for hydroxylation is 1. The molecule has 0 saturated heterocycles. The van der Waals surface area contributed by atoms with Crippen molar-refractivity contribution >= 4 is 23.9 Å². The Morgan fingerprint density at radius 2 is 1.76 bits per heavy atom. The number of hydrazone groups is 1. The molecule has 0 radical (unpaired) electrons. The standard InChI is InChI=1S/C25H23N5O2S/c1-18-8-6-7-11-20(18)16-26-27-23(31)17-33-25-29-28-24(19-9-4-3-5-10-19)30(25)21-12-14-22(32-2)15-13-21/h3-16H,17H2,1-2H3,(H,27,31)/b26-16+. The fourth-order valence-electron chi connectivity index (χ4n) is 3.17. The number of nitrogens with zero attached hydrogens (tertiary/aromatic N) is 4. The van der Waals surface area contributed by atoms with Crippen molar-refractivity contribution in [3.63, 3.8) is 0 Å². The van der Waals surface area contributed by atoms with E-state index in [1.807, 2.05) is 90.4 Å². The van der Waals surface area contributed by atoms with Crippen molar-refractivity contribution < 1.29 is 9.53 Å². The van der Waals surface area contributed by atoms with Crippen molar-refractivity contribution in [2.75, 3.05) is 12.9 Å². The Labute approximate surface area is 196 Å². The first kappa shape index (κ1) is 22.3. The molecule has 8 heteroatoms. The Morgan fingerprint density at radius 1 is 1.03 bits per heavy atom. The van der Waals surface area contributed by atoms with Crippen molar-refractivity contribution in [2.45, 2.75) is 12.1 Å². The van der Waals surface area contributed by atoms with E-state index in [0.717, 1.165) is 28.1 Å². The maximum Gasteiger partial charge on any atom is 0.250 e. The molecule has 7 nitrogen and oxygen atoms in total. The van der Waals surface area contributed by atoms with E-state index in [2.05, 4.69) is 20.7 Å². The summed E-state index contributed by atoms with van der Waals surface area (Å²) in [4.78, 5) is 12.4. The van der Waals surface area contributed by atoms with Gasteiger partial charge in [-0.1, -0.05) is 66.4 Å². The van der Waals surface area contributed by atoms with E-state index in [9.17, 15) is 4.79 Å². The number of hydrogen-bond acceptors (Lipinski definition) is 6. The second-order valence-corrected chi connectivity index (χ2v) is 8.09. The van der Waals surface area contributed by atoms with Crippen LogP contribution in [0.5, 0.6) is 5.75 Å². The number of methoxy groups -OCH3 is 1. The minimum atomic E-state index is -0.227. The SMILES string of the molecule is COc1ccc(-n2c(SCC(=O)N/N=C/c3ccccc3C)nnc2-c2ccccc2)cc1. The van der Waals surface area contributed by atoms with E-state index in [0.29, 0.717) is 11.0 Å². The number of nitrogens with one attached hydrogen (secondary N) is 1. The molecule has 1 N–H and O–H groups in total. The van der Waals surface area contributed by atoms with Gasteiger partial charge in [-0.2, -0.15) is 5.10 Å². The third kappa shape index (κ3) is 5.48. The van der Waals surface area contributed by atoms with Gasteiger partial charge in [-0.15, -0.1) is 10.2 Å². The molecule has 3 aromatic carbocycles. The van der Waals surface area contributed by atoms with Gasteiger partial charge in [-0.05, 0) is 42.3 Å². The van der Waals surface area contributed by atoms with Gasteiger partial charge in [0.1, 0.15) is 5.75 Å². The van der Waals surface area contributed by atoms with E-state index in [4.69, 9.17) is 4.74 Å². The molecule has 0 bridgehead atoms. The van der Waals surface area contributed by atoms with Crippen LogP contribution in [0.25, 0.3) is 17.1 Å². The van der Waals surface area contributed by atoms with E-state index in [1.54, 1.807) is 13.3 Å². The van der Waals surface area contributed by atoms with Crippen molar-refractivity contribution in [3.8, 4) is 22.8 Å². The van der Waals surface area contributed by atoms with Gasteiger partial charge < -0.3 is 4.74 Å². The molecule has 166 valence electrons. The number of benzene rings is 3. The predicted molar refractivity (Wildman–Crippen MR) is 131 cm³/mol. The van der Waals surface area contributed by atoms with Gasteiger partial charge >= 0.3 is 0 Å². The molecule has 1 amide bonds. The molecule has 0 aliphatic carbocycles. The number of thioether (sulfide) groups is 1. The highest BCUT2D eigenvalue weighted by atomic mass is 32.2. The van der Waals surface area contributed by atoms with E-state index < -0.39 is 0 Å². The number of amides is 1. The quantitative estimate of drug-likeness (QED) is 0.239. The van der Waals surface area contributed by atoms with Gasteiger partial charge in [0.2, 0.25) is 0 Å². The molecule has 33 heavy (non-hydrogen) atoms. The number of hydrogen-bond donors (Lipinski definition) is 1. The maximum atomic E-state index is 12.4. The van der Waals surface area contributed by atoms with E-state index in [1.165, 1.54) is 11.8 Å². The van der Waals surface area contributed by atoms with Crippen molar-refractivity contribution in [2.24, 2.45) is 5.10 Å². The number of carbonyl (C=O) groups is 1. The molecular formula is C25H23N5O2S. The lowest BCUT2D eigenvalue weighted by Gasteiger charge is -2.11. The van der Waals surface area contributed by atoms with Crippen LogP contribution in [0.4, 0.5) is 0 Å². The van der Waals surface area contributed by atoms with Crippen LogP contribution in [0.3, 0.4) is 0 Å². The Hall–Kier alpha value is -3.91. The first-order valence-corrected chi connectivity index (χ1v) is 11.3. The Balaban J connectivity index is 1.51. The van der Waals surface area contributed by atoms with Crippen LogP contribution in [0.15, 0.2) is 89.1 Å². The fraction of sp³-hybridized carbons (Fsp3) is 0.120. The monoisotopic (exact) mass is 457 g/mol. The molecule has 0 saturated carbocycles. The van der Waals surface area contributed by atoms with Crippen LogP contribution in [0.1, 0.15) is 11.1 Å². The lowest BCUT2D eigenvalue weighted by Crippen LogP contribution is -2.20. The summed E-state index contributed by atoms with van der Waals surface area (Å²) in [7, 11) is 1.63. The smallest absolute Gasteiger partial charge is 0.250 e. The molecule has 4 aromatic rings. The Kier molecular flexibility index (Phi) is 7.16. The molecule has 0 spiro atoms. The van der Waals surface area contributed by atoms with Crippen molar-refractivity contribution in [1.29, 1.82) is 0 Å². The largest absolute Gasteiger partial charge is 0.497 e. The molecular weight excluding hydrogens is 434 g/mol. The van der Waals surface area contributed by atoms with Crippen LogP contribution in [-0.4, -0.2) is 39.7 Å². The minimum absolute atomic E-state index is 0.147. The number of carbonyl (C=O) groups excluding carboxylic acids is 1. The average molecular weight is 458 g/mol. The summed E-state index contributed by atoms with van der Waals surface area (Å²) in [6, 6.07) is 25.3. The second kappa shape index (κ2) is 10.6. The predicted octanol–water partition coefficient (Wildman–Crippen LogP) is 4.49. The highest BCUT2D eigenvalue weighted by Crippen LogP contribution is 2.28. The molecule has 0 aliphatic rings. The lowest BCUT2D eigenvalue weighted by atomic mass is 10.1. The number of rotatable bonds is 8. The molecule has 0 unspecified atom stereocenters. The van der Waals surface area contributed by atoms with Gasteiger partial charge in [0.05, 0.1) is 19.1 Å². The third-order valence-electron chi connectivity index (χ3n) is 4.91. The summed E-state index contributed by atoms with van der Waals surface area (Å²) in [6.07, 6.45) is 1.64. The average Bonchev–Trinajstić information content (AvgIpc) is 3.28.